The van der Waals surface area contributed by atoms with E-state index in [1.807, 2.05) is 11.8 Å². The number of aliphatic hydroxyl groups is 1. The third-order valence-electron chi connectivity index (χ3n) is 7.66. The topological polar surface area (TPSA) is 175 Å². The molecule has 194 valence electrons. The largest absolute Gasteiger partial charge is 0.477 e. The molecule has 11 nitrogen and oxygen atoms in total. The van der Waals surface area contributed by atoms with Gasteiger partial charge in [-0.05, 0) is 38.5 Å². The second kappa shape index (κ2) is 10.4. The van der Waals surface area contributed by atoms with Gasteiger partial charge in [0.2, 0.25) is 11.8 Å². The van der Waals surface area contributed by atoms with Crippen molar-refractivity contribution in [3.05, 3.63) is 10.6 Å². The van der Waals surface area contributed by atoms with E-state index < -0.39 is 18.0 Å². The van der Waals surface area contributed by atoms with Crippen LogP contribution in [0.15, 0.2) is 15.6 Å². The molecule has 35 heavy (non-hydrogen) atoms. The molecule has 0 aromatic heterocycles. The quantitative estimate of drug-likeness (QED) is 0.119. The van der Waals surface area contributed by atoms with E-state index in [0.29, 0.717) is 30.3 Å². The van der Waals surface area contributed by atoms with E-state index in [4.69, 9.17) is 11.5 Å². The minimum absolute atomic E-state index is 0.0345. The van der Waals surface area contributed by atoms with Crippen molar-refractivity contribution in [1.29, 1.82) is 0 Å². The molecule has 0 unspecified atom stereocenters. The number of aliphatic carboxylic acids is 1. The van der Waals surface area contributed by atoms with Gasteiger partial charge in [0.1, 0.15) is 5.70 Å². The standard InChI is InChI=1S/C23H36N6O5S/c1-11-17-16(12(2)30)21(32)29(17)18(22(33)34)19(11)35-14-8-15(27-9-14)20(31)28-7-5-13(10-28)4-3-6-26-23(24)25/h11-17,27,30H,3-10H2,1-2H3,(H,33,34)(H4,24,25,26)/t11-,12-,13+,14+,15+,16-,17-/m1/s1. The molecule has 0 spiro atoms. The molecule has 4 aliphatic rings. The van der Waals surface area contributed by atoms with Crippen molar-refractivity contribution >= 4 is 35.5 Å². The van der Waals surface area contributed by atoms with Crippen molar-refractivity contribution in [1.82, 2.24) is 15.1 Å². The van der Waals surface area contributed by atoms with E-state index in [0.717, 1.165) is 32.4 Å². The average Bonchev–Trinajstić information content (AvgIpc) is 3.49. The van der Waals surface area contributed by atoms with E-state index in [1.54, 1.807) is 6.92 Å². The van der Waals surface area contributed by atoms with Crippen LogP contribution in [0.1, 0.15) is 39.5 Å². The monoisotopic (exact) mass is 508 g/mol. The van der Waals surface area contributed by atoms with Crippen LogP contribution in [0, 0.1) is 17.8 Å². The first-order valence-corrected chi connectivity index (χ1v) is 13.2. The predicted octanol–water partition coefficient (Wildman–Crippen LogP) is -0.494. The van der Waals surface area contributed by atoms with E-state index in [9.17, 15) is 24.6 Å². The van der Waals surface area contributed by atoms with Gasteiger partial charge in [-0.15, -0.1) is 11.8 Å². The number of nitrogens with two attached hydrogens (primary N) is 2. The molecule has 12 heteroatoms. The maximum absolute atomic E-state index is 13.1. The summed E-state index contributed by atoms with van der Waals surface area (Å²) < 4.78 is 0. The Kier molecular flexibility index (Phi) is 7.62. The van der Waals surface area contributed by atoms with Gasteiger partial charge >= 0.3 is 5.97 Å². The van der Waals surface area contributed by atoms with E-state index in [2.05, 4.69) is 10.3 Å². The van der Waals surface area contributed by atoms with Crippen LogP contribution in [-0.2, 0) is 14.4 Å². The summed E-state index contributed by atoms with van der Waals surface area (Å²) in [6.07, 6.45) is 2.62. The summed E-state index contributed by atoms with van der Waals surface area (Å²) in [7, 11) is 0. The molecule has 0 aromatic carbocycles. The lowest BCUT2D eigenvalue weighted by atomic mass is 9.79. The maximum atomic E-state index is 13.1. The Morgan fingerprint density at radius 2 is 2.09 bits per heavy atom. The molecule has 0 radical (unpaired) electrons. The number of hydrogen-bond donors (Lipinski definition) is 5. The molecule has 2 amide bonds. The van der Waals surface area contributed by atoms with Crippen molar-refractivity contribution in [2.24, 2.45) is 34.2 Å². The molecule has 7 N–H and O–H groups in total. The fourth-order valence-electron chi connectivity index (χ4n) is 5.92. The summed E-state index contributed by atoms with van der Waals surface area (Å²) in [6.45, 7) is 6.17. The molecule has 0 aromatic rings. The molecule has 3 fully saturated rings. The number of fused-ring (bicyclic) bond motifs is 1. The summed E-state index contributed by atoms with van der Waals surface area (Å²) in [5, 5.41) is 23.2. The number of aliphatic hydroxyl groups excluding tert-OH is 1. The normalized spacial score (nSPS) is 33.1. The highest BCUT2D eigenvalue weighted by atomic mass is 32.2. The number of guanidine groups is 1. The summed E-state index contributed by atoms with van der Waals surface area (Å²) >= 11 is 1.46. The van der Waals surface area contributed by atoms with Crippen molar-refractivity contribution < 1.29 is 24.6 Å². The number of carbonyl (C=O) groups is 3. The molecule has 3 saturated heterocycles. The molecular weight excluding hydrogens is 472 g/mol. The Morgan fingerprint density at radius 1 is 1.34 bits per heavy atom. The Morgan fingerprint density at radius 3 is 2.74 bits per heavy atom. The van der Waals surface area contributed by atoms with Crippen LogP contribution >= 0.6 is 11.8 Å². The molecule has 0 aliphatic carbocycles. The van der Waals surface area contributed by atoms with Crippen molar-refractivity contribution in [2.45, 2.75) is 63.0 Å². The number of amides is 2. The number of carboxylic acid groups (broad SMARTS) is 1. The third kappa shape index (κ3) is 5.01. The van der Waals surface area contributed by atoms with Crippen LogP contribution in [0.3, 0.4) is 0 Å². The molecule has 0 saturated carbocycles. The molecule has 0 bridgehead atoms. The number of nitrogens with one attached hydrogen (secondary N) is 1. The van der Waals surface area contributed by atoms with Gasteiger partial charge in [0.25, 0.3) is 0 Å². The summed E-state index contributed by atoms with van der Waals surface area (Å²) in [6, 6.07) is -0.612. The minimum Gasteiger partial charge on any atom is -0.477 e. The van der Waals surface area contributed by atoms with Crippen LogP contribution in [0.4, 0.5) is 0 Å². The van der Waals surface area contributed by atoms with Crippen LogP contribution in [0.5, 0.6) is 0 Å². The number of thioether (sulfide) groups is 1. The number of likely N-dealkylation sites (tertiary alicyclic amines) is 1. The SMILES string of the molecule is C[C@@H](O)[C@H]1C(=O)N2C(C(=O)O)=C(S[C@@H]3CN[C@H](C(=O)N4CC[C@H](CCCN=C(N)N)C4)C3)[C@H](C)[C@H]12. The Hall–Kier alpha value is -2.31. The Labute approximate surface area is 209 Å². The first kappa shape index (κ1) is 25.8. The first-order chi connectivity index (χ1) is 16.6. The van der Waals surface area contributed by atoms with E-state index in [1.165, 1.54) is 16.7 Å². The zero-order valence-electron chi connectivity index (χ0n) is 20.2. The molecule has 4 aliphatic heterocycles. The highest BCUT2D eigenvalue weighted by Crippen LogP contribution is 2.51. The number of hydrogen-bond acceptors (Lipinski definition) is 7. The first-order valence-electron chi connectivity index (χ1n) is 12.3. The van der Waals surface area contributed by atoms with Gasteiger partial charge in [-0.25, -0.2) is 4.79 Å². The number of nitrogens with zero attached hydrogens (tertiary/aromatic N) is 3. The number of rotatable bonds is 9. The Bertz CT molecular complexity index is 935. The summed E-state index contributed by atoms with van der Waals surface area (Å²) in [4.78, 5) is 45.6. The van der Waals surface area contributed by atoms with Crippen LogP contribution in [0.2, 0.25) is 0 Å². The zero-order valence-corrected chi connectivity index (χ0v) is 21.0. The van der Waals surface area contributed by atoms with Crippen LogP contribution in [0.25, 0.3) is 0 Å². The third-order valence-corrected chi connectivity index (χ3v) is 9.17. The second-order valence-corrected chi connectivity index (χ2v) is 11.4. The van der Waals surface area contributed by atoms with Gasteiger partial charge < -0.3 is 36.8 Å². The second-order valence-electron chi connectivity index (χ2n) is 10.1. The fraction of sp³-hybridized carbons (Fsp3) is 0.739. The van der Waals surface area contributed by atoms with E-state index >= 15 is 0 Å². The molecule has 4 rings (SSSR count). The van der Waals surface area contributed by atoms with Crippen molar-refractivity contribution in [3.63, 3.8) is 0 Å². The molecule has 7 atom stereocenters. The number of β-lactam (4-membered cyclic amide) rings is 1. The molecular formula is C23H36N6O5S. The fourth-order valence-corrected chi connectivity index (χ4v) is 7.40. The number of carboxylic acids is 1. The van der Waals surface area contributed by atoms with Crippen molar-refractivity contribution in [3.8, 4) is 0 Å². The minimum atomic E-state index is -1.12. The van der Waals surface area contributed by atoms with Gasteiger partial charge in [-0.3, -0.25) is 14.6 Å². The lowest BCUT2D eigenvalue weighted by Gasteiger charge is -2.46. The predicted molar refractivity (Wildman–Crippen MR) is 132 cm³/mol. The molecule has 4 heterocycles. The average molecular weight is 509 g/mol. The Balaban J connectivity index is 1.32. The lowest BCUT2D eigenvalue weighted by Crippen LogP contribution is -2.63. The van der Waals surface area contributed by atoms with Gasteiger partial charge in [0.15, 0.2) is 5.96 Å². The van der Waals surface area contributed by atoms with Crippen LogP contribution in [-0.4, -0.2) is 93.4 Å². The number of aliphatic imine (C=N–C) groups is 1. The van der Waals surface area contributed by atoms with E-state index in [-0.39, 0.29) is 46.7 Å². The van der Waals surface area contributed by atoms with Gasteiger partial charge in [0, 0.05) is 42.3 Å². The lowest BCUT2D eigenvalue weighted by molar-refractivity contribution is -0.163. The van der Waals surface area contributed by atoms with Gasteiger partial charge in [0.05, 0.1) is 24.1 Å². The summed E-state index contributed by atoms with van der Waals surface area (Å²) in [5.41, 5.74) is 10.8. The highest BCUT2D eigenvalue weighted by molar-refractivity contribution is 8.03. The van der Waals surface area contributed by atoms with Crippen LogP contribution < -0.4 is 16.8 Å². The highest BCUT2D eigenvalue weighted by Gasteiger charge is 2.60. The van der Waals surface area contributed by atoms with Gasteiger partial charge in [-0.1, -0.05) is 6.92 Å². The number of carbonyl (C=O) groups excluding carboxylic acids is 2. The van der Waals surface area contributed by atoms with Gasteiger partial charge in [-0.2, -0.15) is 0 Å². The summed E-state index contributed by atoms with van der Waals surface area (Å²) in [5.74, 6) is -1.55. The van der Waals surface area contributed by atoms with Crippen molar-refractivity contribution in [2.75, 3.05) is 26.2 Å². The smallest absolute Gasteiger partial charge is 0.353 e. The zero-order chi connectivity index (χ0) is 25.4. The maximum Gasteiger partial charge on any atom is 0.353 e.